The van der Waals surface area contributed by atoms with E-state index in [2.05, 4.69) is 5.32 Å². The van der Waals surface area contributed by atoms with E-state index in [0.717, 1.165) is 0 Å². The van der Waals surface area contributed by atoms with Crippen LogP contribution in [0.4, 0.5) is 0 Å². The molecule has 0 aliphatic heterocycles. The Balaban J connectivity index is 3.44. The summed E-state index contributed by atoms with van der Waals surface area (Å²) in [6, 6.07) is 0. The van der Waals surface area contributed by atoms with Crippen LogP contribution in [-0.2, 0) is 14.3 Å². The molecular formula is C9H20N2O3. The van der Waals surface area contributed by atoms with Crippen molar-refractivity contribution in [2.24, 2.45) is 5.73 Å². The number of hydrogen-bond donors (Lipinski definition) is 2. The topological polar surface area (TPSA) is 73.6 Å². The molecular weight excluding hydrogens is 184 g/mol. The lowest BCUT2D eigenvalue weighted by Crippen LogP contribution is -2.33. The van der Waals surface area contributed by atoms with Crippen molar-refractivity contribution in [2.45, 2.75) is 26.6 Å². The Morgan fingerprint density at radius 1 is 1.36 bits per heavy atom. The molecule has 5 nitrogen and oxygen atoms in total. The number of nitrogens with two attached hydrogens (primary N) is 1. The zero-order chi connectivity index (χ0) is 10.8. The van der Waals surface area contributed by atoms with Gasteiger partial charge < -0.3 is 20.5 Å². The Labute approximate surface area is 84.9 Å². The van der Waals surface area contributed by atoms with Crippen LogP contribution in [0.1, 0.15) is 20.3 Å². The van der Waals surface area contributed by atoms with Gasteiger partial charge in [-0.2, -0.15) is 0 Å². The molecule has 0 unspecified atom stereocenters. The summed E-state index contributed by atoms with van der Waals surface area (Å²) >= 11 is 0. The number of carbonyl (C=O) groups is 1. The molecule has 0 saturated heterocycles. The fourth-order valence-electron chi connectivity index (χ4n) is 0.969. The van der Waals surface area contributed by atoms with E-state index < -0.39 is 0 Å². The van der Waals surface area contributed by atoms with Gasteiger partial charge >= 0.3 is 0 Å². The van der Waals surface area contributed by atoms with Gasteiger partial charge in [-0.3, -0.25) is 4.79 Å². The lowest BCUT2D eigenvalue weighted by atomic mass is 10.4. The number of primary amides is 1. The summed E-state index contributed by atoms with van der Waals surface area (Å²) < 4.78 is 10.6. The molecule has 0 bridgehead atoms. The first kappa shape index (κ1) is 13.4. The molecule has 0 aliphatic carbocycles. The van der Waals surface area contributed by atoms with E-state index in [1.54, 1.807) is 0 Å². The third-order valence-electron chi connectivity index (χ3n) is 1.56. The van der Waals surface area contributed by atoms with Gasteiger partial charge in [-0.1, -0.05) is 0 Å². The van der Waals surface area contributed by atoms with Crippen LogP contribution in [0, 0.1) is 0 Å². The summed E-state index contributed by atoms with van der Waals surface area (Å²) in [5, 5.41) is 3.04. The molecule has 0 heterocycles. The molecule has 0 atom stereocenters. The molecule has 0 aromatic rings. The van der Waals surface area contributed by atoms with Crippen molar-refractivity contribution in [2.75, 3.05) is 26.3 Å². The largest absolute Gasteiger partial charge is 0.370 e. The molecule has 14 heavy (non-hydrogen) atoms. The summed E-state index contributed by atoms with van der Waals surface area (Å²) in [5.74, 6) is -0.304. The van der Waals surface area contributed by atoms with Crippen LogP contribution in [0.2, 0.25) is 0 Å². The van der Waals surface area contributed by atoms with Gasteiger partial charge in [0.25, 0.3) is 0 Å². The minimum atomic E-state index is -0.304. The zero-order valence-electron chi connectivity index (χ0n) is 8.91. The Kier molecular flexibility index (Phi) is 8.51. The molecule has 0 saturated carbocycles. The number of nitrogens with one attached hydrogen (secondary N) is 1. The van der Waals surface area contributed by atoms with E-state index >= 15 is 0 Å². The highest BCUT2D eigenvalue weighted by atomic mass is 16.7. The van der Waals surface area contributed by atoms with Crippen molar-refractivity contribution in [1.29, 1.82) is 0 Å². The van der Waals surface area contributed by atoms with Gasteiger partial charge in [0.1, 0.15) is 0 Å². The van der Waals surface area contributed by atoms with E-state index in [-0.39, 0.29) is 12.2 Å². The minimum Gasteiger partial charge on any atom is -0.370 e. The van der Waals surface area contributed by atoms with Gasteiger partial charge in [0, 0.05) is 32.7 Å². The van der Waals surface area contributed by atoms with Crippen LogP contribution in [0.25, 0.3) is 0 Å². The minimum absolute atomic E-state index is 0.238. The van der Waals surface area contributed by atoms with Crippen LogP contribution in [0.5, 0.6) is 0 Å². The molecule has 0 radical (unpaired) electrons. The van der Waals surface area contributed by atoms with Gasteiger partial charge in [-0.25, -0.2) is 0 Å². The summed E-state index contributed by atoms with van der Waals surface area (Å²) in [6.45, 7) is 6.19. The van der Waals surface area contributed by atoms with Gasteiger partial charge in [0.05, 0.1) is 0 Å². The summed E-state index contributed by atoms with van der Waals surface area (Å²) in [7, 11) is 0. The molecule has 0 aromatic heterocycles. The second-order valence-electron chi connectivity index (χ2n) is 2.76. The second kappa shape index (κ2) is 8.93. The standard InChI is InChI=1S/C9H20N2O3/c1-3-13-9(14-4-2)7-11-6-5-8(10)12/h9,11H,3-7H2,1-2H3,(H2,10,12). The first-order valence-electron chi connectivity index (χ1n) is 4.92. The maximum absolute atomic E-state index is 10.4. The summed E-state index contributed by atoms with van der Waals surface area (Å²) in [4.78, 5) is 10.4. The molecule has 0 spiro atoms. The van der Waals surface area contributed by atoms with Gasteiger partial charge in [0.15, 0.2) is 6.29 Å². The van der Waals surface area contributed by atoms with Gasteiger partial charge in [-0.05, 0) is 13.8 Å². The fraction of sp³-hybridized carbons (Fsp3) is 0.889. The molecule has 0 aliphatic rings. The van der Waals surface area contributed by atoms with Crippen molar-refractivity contribution in [3.63, 3.8) is 0 Å². The fourth-order valence-corrected chi connectivity index (χ4v) is 0.969. The number of hydrogen-bond acceptors (Lipinski definition) is 4. The van der Waals surface area contributed by atoms with Gasteiger partial charge in [0.2, 0.25) is 5.91 Å². The SMILES string of the molecule is CCOC(CNCCC(N)=O)OCC. The maximum Gasteiger partial charge on any atom is 0.218 e. The van der Waals surface area contributed by atoms with Crippen LogP contribution in [-0.4, -0.2) is 38.5 Å². The molecule has 3 N–H and O–H groups in total. The van der Waals surface area contributed by atoms with Crippen molar-refractivity contribution < 1.29 is 14.3 Å². The molecule has 1 amide bonds. The second-order valence-corrected chi connectivity index (χ2v) is 2.76. The first-order valence-corrected chi connectivity index (χ1v) is 4.92. The van der Waals surface area contributed by atoms with E-state index in [1.807, 2.05) is 13.8 Å². The first-order chi connectivity index (χ1) is 6.70. The highest BCUT2D eigenvalue weighted by Gasteiger charge is 2.06. The average Bonchev–Trinajstić information content (AvgIpc) is 2.12. The molecule has 5 heteroatoms. The Morgan fingerprint density at radius 2 is 1.93 bits per heavy atom. The predicted octanol–water partition coefficient (Wildman–Crippen LogP) is -0.149. The van der Waals surface area contributed by atoms with E-state index in [9.17, 15) is 4.79 Å². The Hall–Kier alpha value is -0.650. The quantitative estimate of drug-likeness (QED) is 0.404. The molecule has 0 rings (SSSR count). The number of amides is 1. The van der Waals surface area contributed by atoms with E-state index in [1.165, 1.54) is 0 Å². The normalized spacial score (nSPS) is 10.8. The van der Waals surface area contributed by atoms with Crippen molar-refractivity contribution in [3.8, 4) is 0 Å². The third-order valence-corrected chi connectivity index (χ3v) is 1.56. The summed E-state index contributed by atoms with van der Waals surface area (Å²) in [6.07, 6.45) is 0.100. The highest BCUT2D eigenvalue weighted by molar-refractivity contribution is 5.73. The molecule has 0 aromatic carbocycles. The van der Waals surface area contributed by atoms with Crippen molar-refractivity contribution in [1.82, 2.24) is 5.32 Å². The predicted molar refractivity (Wildman–Crippen MR) is 53.7 cm³/mol. The van der Waals surface area contributed by atoms with E-state index in [4.69, 9.17) is 15.2 Å². The number of ether oxygens (including phenoxy) is 2. The average molecular weight is 204 g/mol. The molecule has 0 fully saturated rings. The smallest absolute Gasteiger partial charge is 0.218 e. The van der Waals surface area contributed by atoms with Crippen molar-refractivity contribution in [3.05, 3.63) is 0 Å². The van der Waals surface area contributed by atoms with Crippen LogP contribution in [0.15, 0.2) is 0 Å². The van der Waals surface area contributed by atoms with E-state index in [0.29, 0.717) is 32.7 Å². The van der Waals surface area contributed by atoms with Gasteiger partial charge in [-0.15, -0.1) is 0 Å². The molecule has 84 valence electrons. The number of carbonyl (C=O) groups excluding carboxylic acids is 1. The van der Waals surface area contributed by atoms with Crippen LogP contribution in [0.3, 0.4) is 0 Å². The lowest BCUT2D eigenvalue weighted by Gasteiger charge is -2.17. The van der Waals surface area contributed by atoms with Crippen molar-refractivity contribution >= 4 is 5.91 Å². The monoisotopic (exact) mass is 204 g/mol. The van der Waals surface area contributed by atoms with Crippen LogP contribution >= 0.6 is 0 Å². The zero-order valence-corrected chi connectivity index (χ0v) is 8.91. The highest BCUT2D eigenvalue weighted by Crippen LogP contribution is 1.92. The third kappa shape index (κ3) is 7.97. The van der Waals surface area contributed by atoms with Crippen LogP contribution < -0.4 is 11.1 Å². The lowest BCUT2D eigenvalue weighted by molar-refractivity contribution is -0.133. The Morgan fingerprint density at radius 3 is 2.36 bits per heavy atom. The summed E-state index contributed by atoms with van der Waals surface area (Å²) in [5.41, 5.74) is 4.99. The maximum atomic E-state index is 10.4. The Bertz CT molecular complexity index is 147. The number of rotatable bonds is 9.